The number of rotatable bonds is 4. The summed E-state index contributed by atoms with van der Waals surface area (Å²) in [4.78, 5) is 0. The highest BCUT2D eigenvalue weighted by atomic mass is 79.9. The molecular formula is C15H13Br2F2N. The van der Waals surface area contributed by atoms with Gasteiger partial charge in [-0.2, -0.15) is 0 Å². The van der Waals surface area contributed by atoms with Crippen LogP contribution in [0.3, 0.4) is 0 Å². The first-order valence-electron chi connectivity index (χ1n) is 6.09. The van der Waals surface area contributed by atoms with Gasteiger partial charge in [-0.1, -0.05) is 37.9 Å². The SMILES string of the molecule is CC(NCc1cc(Br)ccc1F)c1ccc(Br)cc1F. The summed E-state index contributed by atoms with van der Waals surface area (Å²) in [7, 11) is 0. The molecule has 0 saturated heterocycles. The topological polar surface area (TPSA) is 12.0 Å². The summed E-state index contributed by atoms with van der Waals surface area (Å²) in [6.45, 7) is 2.18. The molecule has 2 aromatic carbocycles. The van der Waals surface area contributed by atoms with Crippen LogP contribution in [0.5, 0.6) is 0 Å². The van der Waals surface area contributed by atoms with Crippen LogP contribution in [0.1, 0.15) is 24.1 Å². The van der Waals surface area contributed by atoms with Crippen molar-refractivity contribution in [3.05, 3.63) is 68.1 Å². The third kappa shape index (κ3) is 3.87. The first kappa shape index (κ1) is 15.6. The molecule has 0 radical (unpaired) electrons. The second-order valence-corrected chi connectivity index (χ2v) is 6.34. The number of benzene rings is 2. The fourth-order valence-corrected chi connectivity index (χ4v) is 2.65. The lowest BCUT2D eigenvalue weighted by Gasteiger charge is -2.16. The Morgan fingerprint density at radius 1 is 1.00 bits per heavy atom. The molecule has 5 heteroatoms. The van der Waals surface area contributed by atoms with E-state index in [-0.39, 0.29) is 17.7 Å². The molecule has 2 aromatic rings. The van der Waals surface area contributed by atoms with Gasteiger partial charge in [0.05, 0.1) is 0 Å². The van der Waals surface area contributed by atoms with Gasteiger partial charge in [-0.3, -0.25) is 0 Å². The summed E-state index contributed by atoms with van der Waals surface area (Å²) < 4.78 is 28.9. The van der Waals surface area contributed by atoms with Gasteiger partial charge in [-0.15, -0.1) is 0 Å². The Morgan fingerprint density at radius 2 is 1.65 bits per heavy atom. The zero-order chi connectivity index (χ0) is 14.7. The van der Waals surface area contributed by atoms with Crippen LogP contribution in [-0.2, 0) is 6.54 Å². The number of nitrogens with one attached hydrogen (secondary N) is 1. The number of hydrogen-bond donors (Lipinski definition) is 1. The number of hydrogen-bond acceptors (Lipinski definition) is 1. The number of halogens is 4. The van der Waals surface area contributed by atoms with Crippen molar-refractivity contribution >= 4 is 31.9 Å². The zero-order valence-electron chi connectivity index (χ0n) is 10.8. The fraction of sp³-hybridized carbons (Fsp3) is 0.200. The van der Waals surface area contributed by atoms with Gasteiger partial charge in [0.2, 0.25) is 0 Å². The van der Waals surface area contributed by atoms with E-state index >= 15 is 0 Å². The van der Waals surface area contributed by atoms with Crippen molar-refractivity contribution in [2.24, 2.45) is 0 Å². The Morgan fingerprint density at radius 3 is 2.35 bits per heavy atom. The van der Waals surface area contributed by atoms with E-state index in [1.807, 2.05) is 6.92 Å². The molecule has 0 fully saturated rings. The average molecular weight is 405 g/mol. The third-order valence-corrected chi connectivity index (χ3v) is 4.02. The summed E-state index contributed by atoms with van der Waals surface area (Å²) in [5.74, 6) is -0.557. The van der Waals surface area contributed by atoms with E-state index in [1.165, 1.54) is 12.1 Å². The van der Waals surface area contributed by atoms with Crippen molar-refractivity contribution in [3.63, 3.8) is 0 Å². The highest BCUT2D eigenvalue weighted by molar-refractivity contribution is 9.10. The fourth-order valence-electron chi connectivity index (χ4n) is 1.90. The van der Waals surface area contributed by atoms with Crippen molar-refractivity contribution in [2.45, 2.75) is 19.5 Å². The lowest BCUT2D eigenvalue weighted by Crippen LogP contribution is -2.19. The summed E-state index contributed by atoms with van der Waals surface area (Å²) >= 11 is 6.53. The van der Waals surface area contributed by atoms with Gasteiger partial charge in [0.1, 0.15) is 11.6 Å². The minimum Gasteiger partial charge on any atom is -0.306 e. The Hall–Kier alpha value is -0.780. The van der Waals surface area contributed by atoms with Gasteiger partial charge in [0.15, 0.2) is 0 Å². The van der Waals surface area contributed by atoms with Crippen LogP contribution in [0, 0.1) is 11.6 Å². The van der Waals surface area contributed by atoms with E-state index in [4.69, 9.17) is 0 Å². The lowest BCUT2D eigenvalue weighted by atomic mass is 10.1. The maximum absolute atomic E-state index is 13.8. The first-order chi connectivity index (χ1) is 9.47. The second-order valence-electron chi connectivity index (χ2n) is 4.50. The molecule has 20 heavy (non-hydrogen) atoms. The lowest BCUT2D eigenvalue weighted by molar-refractivity contribution is 0.515. The molecule has 1 nitrogen and oxygen atoms in total. The van der Waals surface area contributed by atoms with Gasteiger partial charge < -0.3 is 5.32 Å². The molecule has 0 amide bonds. The second kappa shape index (κ2) is 6.78. The molecule has 1 unspecified atom stereocenters. The maximum atomic E-state index is 13.8. The van der Waals surface area contributed by atoms with Crippen LogP contribution in [-0.4, -0.2) is 0 Å². The van der Waals surface area contributed by atoms with Crippen molar-refractivity contribution < 1.29 is 8.78 Å². The summed E-state index contributed by atoms with van der Waals surface area (Å²) in [5.41, 5.74) is 1.10. The molecule has 1 N–H and O–H groups in total. The Kier molecular flexibility index (Phi) is 5.29. The predicted octanol–water partition coefficient (Wildman–Crippen LogP) is 5.34. The van der Waals surface area contributed by atoms with Crippen LogP contribution in [0.2, 0.25) is 0 Å². The van der Waals surface area contributed by atoms with Crippen molar-refractivity contribution in [1.82, 2.24) is 5.32 Å². The Labute approximate surface area is 133 Å². The van der Waals surface area contributed by atoms with E-state index < -0.39 is 0 Å². The van der Waals surface area contributed by atoms with Crippen molar-refractivity contribution in [3.8, 4) is 0 Å². The standard InChI is InChI=1S/C15H13Br2F2N/c1-9(13-4-2-12(17)7-15(13)19)20-8-10-6-11(16)3-5-14(10)18/h2-7,9,20H,8H2,1H3. The molecule has 0 heterocycles. The minimum atomic E-state index is -0.283. The van der Waals surface area contributed by atoms with E-state index in [9.17, 15) is 8.78 Å². The van der Waals surface area contributed by atoms with Gasteiger partial charge in [-0.05, 0) is 37.3 Å². The van der Waals surface area contributed by atoms with E-state index in [2.05, 4.69) is 37.2 Å². The summed E-state index contributed by atoms with van der Waals surface area (Å²) in [6, 6.07) is 9.49. The highest BCUT2D eigenvalue weighted by Crippen LogP contribution is 2.22. The molecule has 0 spiro atoms. The molecular weight excluding hydrogens is 392 g/mol. The predicted molar refractivity (Wildman–Crippen MR) is 83.5 cm³/mol. The van der Waals surface area contributed by atoms with E-state index in [1.54, 1.807) is 24.3 Å². The summed E-state index contributed by atoms with van der Waals surface area (Å²) in [6.07, 6.45) is 0. The zero-order valence-corrected chi connectivity index (χ0v) is 13.9. The van der Waals surface area contributed by atoms with Gasteiger partial charge in [-0.25, -0.2) is 8.78 Å². The van der Waals surface area contributed by atoms with Crippen molar-refractivity contribution in [1.29, 1.82) is 0 Å². The normalized spacial score (nSPS) is 12.4. The molecule has 2 rings (SSSR count). The molecule has 106 valence electrons. The molecule has 0 bridgehead atoms. The van der Waals surface area contributed by atoms with Crippen LogP contribution in [0.25, 0.3) is 0 Å². The van der Waals surface area contributed by atoms with Crippen molar-refractivity contribution in [2.75, 3.05) is 0 Å². The van der Waals surface area contributed by atoms with Crippen LogP contribution in [0.4, 0.5) is 8.78 Å². The molecule has 1 atom stereocenters. The average Bonchev–Trinajstić information content (AvgIpc) is 2.39. The largest absolute Gasteiger partial charge is 0.306 e. The molecule has 0 saturated carbocycles. The first-order valence-corrected chi connectivity index (χ1v) is 7.68. The van der Waals surface area contributed by atoms with E-state index in [0.29, 0.717) is 22.1 Å². The van der Waals surface area contributed by atoms with Gasteiger partial charge >= 0.3 is 0 Å². The highest BCUT2D eigenvalue weighted by Gasteiger charge is 2.12. The third-order valence-electron chi connectivity index (χ3n) is 3.04. The molecule has 0 aliphatic carbocycles. The molecule has 0 aromatic heterocycles. The van der Waals surface area contributed by atoms with Gasteiger partial charge in [0.25, 0.3) is 0 Å². The van der Waals surface area contributed by atoms with E-state index in [0.717, 1.165) is 4.47 Å². The maximum Gasteiger partial charge on any atom is 0.129 e. The smallest absolute Gasteiger partial charge is 0.129 e. The quantitative estimate of drug-likeness (QED) is 0.725. The van der Waals surface area contributed by atoms with Gasteiger partial charge in [0, 0.05) is 32.7 Å². The molecule has 0 aliphatic heterocycles. The Balaban J connectivity index is 2.08. The van der Waals surface area contributed by atoms with Crippen LogP contribution in [0.15, 0.2) is 45.3 Å². The Bertz CT molecular complexity index is 617. The summed E-state index contributed by atoms with van der Waals surface area (Å²) in [5, 5.41) is 3.13. The minimum absolute atomic E-state index is 0.207. The monoisotopic (exact) mass is 403 g/mol. The molecule has 0 aliphatic rings. The van der Waals surface area contributed by atoms with Crippen LogP contribution >= 0.6 is 31.9 Å². The van der Waals surface area contributed by atoms with Crippen LogP contribution < -0.4 is 5.32 Å².